The number of hydrogen-bond acceptors (Lipinski definition) is 4. The first-order valence-corrected chi connectivity index (χ1v) is 15.6. The SMILES string of the molecule is CC1=NC2(CC[C@@]3(C)C(CCC4C3CC[C@@]3(C)C4CC[C@@H]3C(C)CCCC(C)C)C2)N=C(N(C)C)N1. The van der Waals surface area contributed by atoms with E-state index in [2.05, 4.69) is 65.9 Å². The maximum absolute atomic E-state index is 5.22. The van der Waals surface area contributed by atoms with Gasteiger partial charge in [0.05, 0.1) is 0 Å². The molecule has 6 unspecified atom stereocenters. The van der Waals surface area contributed by atoms with Crippen LogP contribution < -0.4 is 5.32 Å². The van der Waals surface area contributed by atoms with Crippen LogP contribution in [0.2, 0.25) is 0 Å². The predicted molar refractivity (Wildman–Crippen MR) is 153 cm³/mol. The van der Waals surface area contributed by atoms with Gasteiger partial charge in [0.2, 0.25) is 5.96 Å². The summed E-state index contributed by atoms with van der Waals surface area (Å²) in [6.45, 7) is 14.9. The first kappa shape index (κ1) is 26.5. The van der Waals surface area contributed by atoms with E-state index in [1.807, 2.05) is 0 Å². The highest BCUT2D eigenvalue weighted by molar-refractivity contribution is 6.00. The average molecular weight is 497 g/mol. The highest BCUT2D eigenvalue weighted by atomic mass is 15.3. The molecule has 5 aliphatic rings. The molecule has 4 saturated carbocycles. The third-order valence-electron chi connectivity index (χ3n) is 12.3. The fraction of sp³-hybridized carbons (Fsp3) is 0.938. The van der Waals surface area contributed by atoms with Gasteiger partial charge in [-0.05, 0) is 117 Å². The molecule has 0 aromatic carbocycles. The molecule has 4 nitrogen and oxygen atoms in total. The van der Waals surface area contributed by atoms with Crippen LogP contribution in [0.4, 0.5) is 0 Å². The van der Waals surface area contributed by atoms with Crippen molar-refractivity contribution in [3.8, 4) is 0 Å². The molecule has 4 fully saturated rings. The summed E-state index contributed by atoms with van der Waals surface area (Å²) in [4.78, 5) is 12.5. The number of nitrogens with one attached hydrogen (secondary N) is 1. The Balaban J connectivity index is 1.30. The molecule has 0 aromatic rings. The maximum Gasteiger partial charge on any atom is 0.201 e. The van der Waals surface area contributed by atoms with Gasteiger partial charge in [-0.1, -0.05) is 53.9 Å². The van der Waals surface area contributed by atoms with Crippen molar-refractivity contribution in [3.63, 3.8) is 0 Å². The van der Waals surface area contributed by atoms with E-state index in [0.717, 1.165) is 66.1 Å². The first-order chi connectivity index (χ1) is 17.0. The predicted octanol–water partition coefficient (Wildman–Crippen LogP) is 7.74. The average Bonchev–Trinajstić information content (AvgIpc) is 3.16. The lowest BCUT2D eigenvalue weighted by molar-refractivity contribution is -0.123. The Bertz CT molecular complexity index is 875. The fourth-order valence-corrected chi connectivity index (χ4v) is 10.4. The summed E-state index contributed by atoms with van der Waals surface area (Å²) in [5, 5.41) is 3.40. The van der Waals surface area contributed by atoms with Crippen molar-refractivity contribution in [2.45, 2.75) is 124 Å². The minimum atomic E-state index is -0.223. The van der Waals surface area contributed by atoms with E-state index >= 15 is 0 Å². The van der Waals surface area contributed by atoms with E-state index in [0.29, 0.717) is 10.8 Å². The lowest BCUT2D eigenvalue weighted by atomic mass is 9.44. The van der Waals surface area contributed by atoms with E-state index < -0.39 is 0 Å². The molecule has 1 N–H and O–H groups in total. The van der Waals surface area contributed by atoms with Gasteiger partial charge >= 0.3 is 0 Å². The molecule has 0 aromatic heterocycles. The van der Waals surface area contributed by atoms with Crippen molar-refractivity contribution in [1.29, 1.82) is 0 Å². The second-order valence-corrected chi connectivity index (χ2v) is 15.0. The van der Waals surface area contributed by atoms with Crippen molar-refractivity contribution < 1.29 is 0 Å². The fourth-order valence-electron chi connectivity index (χ4n) is 10.4. The molecular weight excluding hydrogens is 440 g/mol. The Morgan fingerprint density at radius 1 is 0.889 bits per heavy atom. The molecule has 4 aliphatic carbocycles. The van der Waals surface area contributed by atoms with E-state index in [1.54, 1.807) is 0 Å². The molecule has 0 amide bonds. The minimum absolute atomic E-state index is 0.223. The molecule has 4 heteroatoms. The van der Waals surface area contributed by atoms with E-state index in [1.165, 1.54) is 64.2 Å². The lowest BCUT2D eigenvalue weighted by Gasteiger charge is -2.62. The number of guanidine groups is 1. The quantitative estimate of drug-likeness (QED) is 0.423. The Morgan fingerprint density at radius 2 is 1.64 bits per heavy atom. The topological polar surface area (TPSA) is 40.0 Å². The summed E-state index contributed by atoms with van der Waals surface area (Å²) in [5.41, 5.74) is 0.858. The van der Waals surface area contributed by atoms with Crippen LogP contribution in [0.25, 0.3) is 0 Å². The van der Waals surface area contributed by atoms with Gasteiger partial charge in [0.25, 0.3) is 0 Å². The largest absolute Gasteiger partial charge is 0.349 e. The van der Waals surface area contributed by atoms with Crippen LogP contribution in [0, 0.1) is 52.3 Å². The highest BCUT2D eigenvalue weighted by Crippen LogP contribution is 2.69. The molecule has 5 rings (SSSR count). The van der Waals surface area contributed by atoms with Gasteiger partial charge in [0, 0.05) is 14.1 Å². The van der Waals surface area contributed by atoms with E-state index in [4.69, 9.17) is 9.98 Å². The van der Waals surface area contributed by atoms with Crippen LogP contribution in [0.3, 0.4) is 0 Å². The third-order valence-corrected chi connectivity index (χ3v) is 12.3. The van der Waals surface area contributed by atoms with Crippen LogP contribution in [0.1, 0.15) is 119 Å². The van der Waals surface area contributed by atoms with Gasteiger partial charge in [0.1, 0.15) is 5.84 Å². The van der Waals surface area contributed by atoms with Crippen LogP contribution in [0.15, 0.2) is 9.98 Å². The number of aliphatic imine (C=N–C) groups is 2. The minimum Gasteiger partial charge on any atom is -0.349 e. The number of rotatable bonds is 5. The summed E-state index contributed by atoms with van der Waals surface area (Å²) >= 11 is 0. The standard InChI is InChI=1S/C32H56N4/c1-21(2)10-9-11-22(3)26-14-15-27-25-13-12-24-20-32(34-23(4)33-29(35-32)36(7)8)19-18-30(24,5)28(25)16-17-31(26,27)6/h21-22,24-28H,9-20H2,1-8H3,(H,33,34,35)/t22?,24?,25?,26-,27?,28?,30+,31-,32?/m1/s1. The Morgan fingerprint density at radius 3 is 2.36 bits per heavy atom. The normalized spacial score (nSPS) is 44.8. The summed E-state index contributed by atoms with van der Waals surface area (Å²) in [5.74, 6) is 8.38. The molecular formula is C32H56N4. The molecule has 1 spiro atoms. The van der Waals surface area contributed by atoms with E-state index in [9.17, 15) is 0 Å². The summed E-state index contributed by atoms with van der Waals surface area (Å²) < 4.78 is 0. The summed E-state index contributed by atoms with van der Waals surface area (Å²) in [6.07, 6.45) is 16.7. The Kier molecular flexibility index (Phi) is 7.08. The van der Waals surface area contributed by atoms with Crippen molar-refractivity contribution in [2.75, 3.05) is 14.1 Å². The van der Waals surface area contributed by atoms with Gasteiger partial charge in [-0.15, -0.1) is 0 Å². The van der Waals surface area contributed by atoms with Gasteiger partial charge < -0.3 is 10.2 Å². The molecule has 0 saturated heterocycles. The van der Waals surface area contributed by atoms with E-state index in [-0.39, 0.29) is 5.66 Å². The van der Waals surface area contributed by atoms with Gasteiger partial charge in [-0.3, -0.25) is 0 Å². The zero-order valence-electron chi connectivity index (χ0n) is 24.9. The second kappa shape index (κ2) is 9.60. The van der Waals surface area contributed by atoms with Crippen molar-refractivity contribution in [3.05, 3.63) is 0 Å². The number of hydrogen-bond donors (Lipinski definition) is 1. The van der Waals surface area contributed by atoms with Gasteiger partial charge in [-0.2, -0.15) is 0 Å². The smallest absolute Gasteiger partial charge is 0.201 e. The summed E-state index contributed by atoms with van der Waals surface area (Å²) in [6, 6.07) is 0. The monoisotopic (exact) mass is 496 g/mol. The molecule has 9 atom stereocenters. The second-order valence-electron chi connectivity index (χ2n) is 15.0. The number of amidine groups is 1. The molecule has 1 heterocycles. The molecule has 204 valence electrons. The van der Waals surface area contributed by atoms with Crippen LogP contribution in [0.5, 0.6) is 0 Å². The Labute approximate surface area is 222 Å². The summed E-state index contributed by atoms with van der Waals surface area (Å²) in [7, 11) is 4.19. The van der Waals surface area contributed by atoms with Crippen molar-refractivity contribution in [2.24, 2.45) is 62.2 Å². The molecule has 36 heavy (non-hydrogen) atoms. The zero-order chi connectivity index (χ0) is 25.9. The zero-order valence-corrected chi connectivity index (χ0v) is 24.9. The van der Waals surface area contributed by atoms with Crippen molar-refractivity contribution >= 4 is 11.8 Å². The molecule has 0 radical (unpaired) electrons. The van der Waals surface area contributed by atoms with Crippen LogP contribution in [-0.2, 0) is 0 Å². The van der Waals surface area contributed by atoms with Crippen molar-refractivity contribution in [1.82, 2.24) is 10.2 Å². The van der Waals surface area contributed by atoms with Gasteiger partial charge in [-0.25, -0.2) is 9.98 Å². The number of fused-ring (bicyclic) bond motifs is 5. The molecule has 1 aliphatic heterocycles. The van der Waals surface area contributed by atoms with Crippen LogP contribution >= 0.6 is 0 Å². The highest BCUT2D eigenvalue weighted by Gasteiger charge is 2.62. The molecule has 0 bridgehead atoms. The van der Waals surface area contributed by atoms with Gasteiger partial charge in [0.15, 0.2) is 5.66 Å². The first-order valence-electron chi connectivity index (χ1n) is 15.6. The Hall–Kier alpha value is -1.06. The van der Waals surface area contributed by atoms with Crippen LogP contribution in [-0.4, -0.2) is 36.5 Å². The third kappa shape index (κ3) is 4.45. The lowest BCUT2D eigenvalue weighted by Crippen LogP contribution is -2.57. The number of nitrogens with zero attached hydrogens (tertiary/aromatic N) is 3. The maximum atomic E-state index is 5.22.